The summed E-state index contributed by atoms with van der Waals surface area (Å²) in [5, 5.41) is 10.7. The van der Waals surface area contributed by atoms with Crippen LogP contribution in [-0.2, 0) is 0 Å². The van der Waals surface area contributed by atoms with E-state index in [4.69, 9.17) is 18.9 Å². The lowest BCUT2D eigenvalue weighted by Gasteiger charge is -2.40. The fourth-order valence-electron chi connectivity index (χ4n) is 5.20. The van der Waals surface area contributed by atoms with Gasteiger partial charge in [0, 0.05) is 38.3 Å². The van der Waals surface area contributed by atoms with Gasteiger partial charge in [-0.1, -0.05) is 31.2 Å². The van der Waals surface area contributed by atoms with Gasteiger partial charge in [-0.05, 0) is 36.2 Å². The molecule has 0 radical (unpaired) electrons. The third-order valence-corrected chi connectivity index (χ3v) is 7.23. The summed E-state index contributed by atoms with van der Waals surface area (Å²) in [4.78, 5) is 17.5. The summed E-state index contributed by atoms with van der Waals surface area (Å²) in [5.74, 6) is 2.15. The van der Waals surface area contributed by atoms with Crippen molar-refractivity contribution in [3.8, 4) is 28.7 Å². The molecule has 8 nitrogen and oxygen atoms in total. The number of ketones is 1. The highest BCUT2D eigenvalue weighted by molar-refractivity contribution is 6.02. The SMILES string of the molecule is CCC(Oc1cc(O)c2c(c1)OC(c1ccc(OC)cc1)CC2=O)N1CCN(c2ccccc2OC)CC1. The van der Waals surface area contributed by atoms with Crippen molar-refractivity contribution < 1.29 is 28.8 Å². The van der Waals surface area contributed by atoms with Crippen LogP contribution in [-0.4, -0.2) is 62.4 Å². The molecule has 0 aromatic heterocycles. The number of carbonyl (C=O) groups is 1. The molecule has 5 rings (SSSR count). The van der Waals surface area contributed by atoms with E-state index in [2.05, 4.69) is 22.8 Å². The smallest absolute Gasteiger partial charge is 0.174 e. The van der Waals surface area contributed by atoms with E-state index in [9.17, 15) is 9.90 Å². The minimum Gasteiger partial charge on any atom is -0.507 e. The molecule has 3 aromatic carbocycles. The summed E-state index contributed by atoms with van der Waals surface area (Å²) < 4.78 is 23.3. The van der Waals surface area contributed by atoms with Gasteiger partial charge >= 0.3 is 0 Å². The molecule has 38 heavy (non-hydrogen) atoms. The zero-order valence-corrected chi connectivity index (χ0v) is 22.1. The number of carbonyl (C=O) groups excluding carboxylic acids is 1. The highest BCUT2D eigenvalue weighted by atomic mass is 16.5. The number of Topliss-reactive ketones (excluding diaryl/α,β-unsaturated/α-hetero) is 1. The lowest BCUT2D eigenvalue weighted by molar-refractivity contribution is 0.0180. The van der Waals surface area contributed by atoms with Crippen molar-refractivity contribution in [2.45, 2.75) is 32.1 Å². The van der Waals surface area contributed by atoms with Gasteiger partial charge in [0.15, 0.2) is 12.0 Å². The zero-order chi connectivity index (χ0) is 26.6. The lowest BCUT2D eigenvalue weighted by Crippen LogP contribution is -2.52. The van der Waals surface area contributed by atoms with Crippen LogP contribution in [0.25, 0.3) is 0 Å². The van der Waals surface area contributed by atoms with Crippen molar-refractivity contribution in [1.82, 2.24) is 4.90 Å². The number of nitrogens with zero attached hydrogens (tertiary/aromatic N) is 2. The Bertz CT molecular complexity index is 1270. The molecule has 0 bridgehead atoms. The number of phenolic OH excluding ortho intramolecular Hbond substituents is 1. The van der Waals surface area contributed by atoms with Crippen LogP contribution in [0.15, 0.2) is 60.7 Å². The number of fused-ring (bicyclic) bond motifs is 1. The van der Waals surface area contributed by atoms with Gasteiger partial charge in [0.25, 0.3) is 0 Å². The van der Waals surface area contributed by atoms with Gasteiger partial charge in [-0.2, -0.15) is 0 Å². The first-order valence-corrected chi connectivity index (χ1v) is 13.0. The highest BCUT2D eigenvalue weighted by Gasteiger charge is 2.32. The highest BCUT2D eigenvalue weighted by Crippen LogP contribution is 2.42. The van der Waals surface area contributed by atoms with Crippen LogP contribution in [0, 0.1) is 0 Å². The number of methoxy groups -OCH3 is 2. The molecule has 2 unspecified atom stereocenters. The summed E-state index contributed by atoms with van der Waals surface area (Å²) >= 11 is 0. The van der Waals surface area contributed by atoms with Crippen LogP contribution in [0.1, 0.15) is 41.8 Å². The van der Waals surface area contributed by atoms with Gasteiger partial charge in [0.2, 0.25) is 0 Å². The Morgan fingerprint density at radius 3 is 2.39 bits per heavy atom. The number of anilines is 1. The van der Waals surface area contributed by atoms with Crippen LogP contribution in [0.3, 0.4) is 0 Å². The van der Waals surface area contributed by atoms with Gasteiger partial charge in [-0.25, -0.2) is 0 Å². The van der Waals surface area contributed by atoms with Crippen LogP contribution < -0.4 is 23.8 Å². The summed E-state index contributed by atoms with van der Waals surface area (Å²) in [6.45, 7) is 5.41. The Morgan fingerprint density at radius 2 is 1.71 bits per heavy atom. The van der Waals surface area contributed by atoms with E-state index in [0.717, 1.165) is 55.3 Å². The Morgan fingerprint density at radius 1 is 0.974 bits per heavy atom. The molecule has 2 atom stereocenters. The maximum atomic E-state index is 12.9. The number of hydrogen-bond donors (Lipinski definition) is 1. The first-order valence-electron chi connectivity index (χ1n) is 13.0. The molecule has 2 aliphatic rings. The number of ether oxygens (including phenoxy) is 4. The van der Waals surface area contributed by atoms with Gasteiger partial charge < -0.3 is 29.0 Å². The topological polar surface area (TPSA) is 80.7 Å². The van der Waals surface area contributed by atoms with Gasteiger partial charge in [-0.3, -0.25) is 9.69 Å². The van der Waals surface area contributed by atoms with Crippen molar-refractivity contribution in [3.05, 3.63) is 71.8 Å². The maximum Gasteiger partial charge on any atom is 0.174 e. The summed E-state index contributed by atoms with van der Waals surface area (Å²) in [5.41, 5.74) is 2.17. The molecule has 8 heteroatoms. The van der Waals surface area contributed by atoms with Crippen molar-refractivity contribution in [3.63, 3.8) is 0 Å². The standard InChI is InChI=1S/C30H34N2O6/c1-4-29(32-15-13-31(14-16-32)23-7-5-6-8-26(23)36-3)37-22-17-24(33)30-25(34)19-27(38-28(30)18-22)20-9-11-21(35-2)12-10-20/h5-12,17-18,27,29,33H,4,13-16,19H2,1-3H3. The Hall–Kier alpha value is -3.91. The molecule has 2 heterocycles. The quantitative estimate of drug-likeness (QED) is 0.444. The van der Waals surface area contributed by atoms with Crippen molar-refractivity contribution in [1.29, 1.82) is 0 Å². The Kier molecular flexibility index (Phi) is 7.60. The number of hydrogen-bond acceptors (Lipinski definition) is 8. The van der Waals surface area contributed by atoms with Crippen molar-refractivity contribution >= 4 is 11.5 Å². The van der Waals surface area contributed by atoms with E-state index in [-0.39, 0.29) is 29.7 Å². The average Bonchev–Trinajstić information content (AvgIpc) is 2.95. The van der Waals surface area contributed by atoms with Crippen LogP contribution in [0.5, 0.6) is 28.7 Å². The molecule has 1 N–H and O–H groups in total. The van der Waals surface area contributed by atoms with Crippen LogP contribution in [0.4, 0.5) is 5.69 Å². The van der Waals surface area contributed by atoms with E-state index >= 15 is 0 Å². The van der Waals surface area contributed by atoms with Gasteiger partial charge in [0.05, 0.1) is 26.3 Å². The Labute approximate surface area is 223 Å². The minimum absolute atomic E-state index is 0.119. The van der Waals surface area contributed by atoms with Crippen LogP contribution >= 0.6 is 0 Å². The van der Waals surface area contributed by atoms with Gasteiger partial charge in [-0.15, -0.1) is 0 Å². The molecule has 3 aromatic rings. The van der Waals surface area contributed by atoms with Gasteiger partial charge in [0.1, 0.15) is 40.4 Å². The van der Waals surface area contributed by atoms with E-state index < -0.39 is 6.10 Å². The second-order valence-corrected chi connectivity index (χ2v) is 9.50. The fraction of sp³-hybridized carbons (Fsp3) is 0.367. The number of aromatic hydroxyl groups is 1. The molecule has 0 spiro atoms. The number of piperazine rings is 1. The van der Waals surface area contributed by atoms with Crippen molar-refractivity contribution in [2.24, 2.45) is 0 Å². The minimum atomic E-state index is -0.444. The monoisotopic (exact) mass is 518 g/mol. The molecule has 0 aliphatic carbocycles. The molecule has 1 fully saturated rings. The predicted octanol–water partition coefficient (Wildman–Crippen LogP) is 5.05. The third kappa shape index (κ3) is 5.22. The molecular weight excluding hydrogens is 484 g/mol. The Balaban J connectivity index is 1.29. The lowest BCUT2D eigenvalue weighted by atomic mass is 9.95. The average molecular weight is 519 g/mol. The number of phenols is 1. The maximum absolute atomic E-state index is 12.9. The predicted molar refractivity (Wildman–Crippen MR) is 145 cm³/mol. The molecular formula is C30H34N2O6. The van der Waals surface area contributed by atoms with E-state index in [1.807, 2.05) is 42.5 Å². The zero-order valence-electron chi connectivity index (χ0n) is 22.1. The van der Waals surface area contributed by atoms with E-state index in [1.165, 1.54) is 6.07 Å². The third-order valence-electron chi connectivity index (χ3n) is 7.23. The second kappa shape index (κ2) is 11.2. The summed E-state index contributed by atoms with van der Waals surface area (Å²) in [6.07, 6.45) is 0.298. The summed E-state index contributed by atoms with van der Waals surface area (Å²) in [7, 11) is 3.31. The van der Waals surface area contributed by atoms with Crippen LogP contribution in [0.2, 0.25) is 0 Å². The molecule has 1 saturated heterocycles. The number of para-hydroxylation sites is 2. The normalized spacial score (nSPS) is 18.3. The second-order valence-electron chi connectivity index (χ2n) is 9.50. The molecule has 200 valence electrons. The summed E-state index contributed by atoms with van der Waals surface area (Å²) in [6, 6.07) is 18.8. The molecule has 2 aliphatic heterocycles. The fourth-order valence-corrected chi connectivity index (χ4v) is 5.20. The molecule has 0 saturated carbocycles. The first-order chi connectivity index (χ1) is 18.5. The first kappa shape index (κ1) is 25.7. The molecule has 0 amide bonds. The van der Waals surface area contributed by atoms with E-state index in [1.54, 1.807) is 20.3 Å². The van der Waals surface area contributed by atoms with Crippen molar-refractivity contribution in [2.75, 3.05) is 45.3 Å². The number of rotatable bonds is 8. The van der Waals surface area contributed by atoms with E-state index in [0.29, 0.717) is 11.5 Å². The number of benzene rings is 3. The largest absolute Gasteiger partial charge is 0.507 e.